The predicted octanol–water partition coefficient (Wildman–Crippen LogP) is 3.83. The molecule has 0 radical (unpaired) electrons. The summed E-state index contributed by atoms with van der Waals surface area (Å²) in [6.45, 7) is 4.11. The number of sulfonamides is 1. The summed E-state index contributed by atoms with van der Waals surface area (Å²) in [4.78, 5) is 12.1. The van der Waals surface area contributed by atoms with Gasteiger partial charge in [0.15, 0.2) is 0 Å². The summed E-state index contributed by atoms with van der Waals surface area (Å²) in [7, 11) is -3.48. The van der Waals surface area contributed by atoms with Crippen LogP contribution in [0.25, 0.3) is 0 Å². The summed E-state index contributed by atoms with van der Waals surface area (Å²) in [5.74, 6) is -0.138. The van der Waals surface area contributed by atoms with Gasteiger partial charge in [0.2, 0.25) is 10.0 Å². The van der Waals surface area contributed by atoms with Crippen molar-refractivity contribution in [2.24, 2.45) is 0 Å². The van der Waals surface area contributed by atoms with Gasteiger partial charge >= 0.3 is 0 Å². The van der Waals surface area contributed by atoms with E-state index >= 15 is 0 Å². The molecule has 0 heterocycles. The SMILES string of the molecule is CC[C@@H](C)NC(=O)c1ccc(CN(c2cccc(Cl)c2)S(C)(=O)=O)cc1. The van der Waals surface area contributed by atoms with E-state index in [2.05, 4.69) is 5.32 Å². The number of hydrogen-bond acceptors (Lipinski definition) is 3. The highest BCUT2D eigenvalue weighted by Gasteiger charge is 2.18. The van der Waals surface area contributed by atoms with E-state index in [-0.39, 0.29) is 18.5 Å². The van der Waals surface area contributed by atoms with Gasteiger partial charge in [-0.15, -0.1) is 0 Å². The van der Waals surface area contributed by atoms with Crippen molar-refractivity contribution in [2.75, 3.05) is 10.6 Å². The first-order valence-electron chi connectivity index (χ1n) is 8.33. The number of rotatable bonds is 7. The first-order chi connectivity index (χ1) is 12.2. The van der Waals surface area contributed by atoms with E-state index in [1.165, 1.54) is 4.31 Å². The molecular weight excluding hydrogens is 372 g/mol. The van der Waals surface area contributed by atoms with E-state index < -0.39 is 10.0 Å². The smallest absolute Gasteiger partial charge is 0.251 e. The second-order valence-electron chi connectivity index (χ2n) is 6.23. The standard InChI is InChI=1S/C19H23ClN2O3S/c1-4-14(2)21-19(23)16-10-8-15(9-11-16)13-22(26(3,24)25)18-7-5-6-17(20)12-18/h5-12,14H,4,13H2,1-3H3,(H,21,23)/t14-/m1/s1. The third-order valence-electron chi connectivity index (χ3n) is 4.03. The van der Waals surface area contributed by atoms with Crippen LogP contribution in [-0.2, 0) is 16.6 Å². The lowest BCUT2D eigenvalue weighted by atomic mass is 10.1. The Morgan fingerprint density at radius 3 is 2.38 bits per heavy atom. The Morgan fingerprint density at radius 2 is 1.85 bits per heavy atom. The Morgan fingerprint density at radius 1 is 1.19 bits per heavy atom. The van der Waals surface area contributed by atoms with Gasteiger partial charge in [-0.3, -0.25) is 9.10 Å². The molecule has 1 amide bonds. The third-order valence-corrected chi connectivity index (χ3v) is 5.40. The van der Waals surface area contributed by atoms with Crippen LogP contribution in [-0.4, -0.2) is 26.6 Å². The number of anilines is 1. The molecule has 0 bridgehead atoms. The van der Waals surface area contributed by atoms with E-state index in [1.807, 2.05) is 13.8 Å². The van der Waals surface area contributed by atoms with E-state index in [0.717, 1.165) is 18.2 Å². The highest BCUT2D eigenvalue weighted by atomic mass is 35.5. The summed E-state index contributed by atoms with van der Waals surface area (Å²) in [5.41, 5.74) is 1.82. The van der Waals surface area contributed by atoms with Gasteiger partial charge in [0.1, 0.15) is 0 Å². The molecule has 140 valence electrons. The highest BCUT2D eigenvalue weighted by Crippen LogP contribution is 2.24. The van der Waals surface area contributed by atoms with Crippen LogP contribution in [0.5, 0.6) is 0 Å². The van der Waals surface area contributed by atoms with Crippen LogP contribution in [0.1, 0.15) is 36.2 Å². The monoisotopic (exact) mass is 394 g/mol. The minimum atomic E-state index is -3.48. The molecule has 7 heteroatoms. The first-order valence-corrected chi connectivity index (χ1v) is 10.6. The van der Waals surface area contributed by atoms with Gasteiger partial charge in [0.05, 0.1) is 18.5 Å². The lowest BCUT2D eigenvalue weighted by molar-refractivity contribution is 0.0939. The van der Waals surface area contributed by atoms with Gasteiger partial charge in [-0.25, -0.2) is 8.42 Å². The number of nitrogens with zero attached hydrogens (tertiary/aromatic N) is 1. The Kier molecular flexibility index (Phi) is 6.67. The number of halogens is 1. The number of carbonyl (C=O) groups excluding carboxylic acids is 1. The molecule has 0 aliphatic heterocycles. The minimum Gasteiger partial charge on any atom is -0.350 e. The molecule has 0 fully saturated rings. The molecule has 26 heavy (non-hydrogen) atoms. The summed E-state index contributed by atoms with van der Waals surface area (Å²) >= 11 is 5.99. The zero-order valence-corrected chi connectivity index (χ0v) is 16.6. The fraction of sp³-hybridized carbons (Fsp3) is 0.316. The molecule has 2 aromatic rings. The van der Waals surface area contributed by atoms with Crippen molar-refractivity contribution in [1.82, 2.24) is 5.32 Å². The van der Waals surface area contributed by atoms with Crippen molar-refractivity contribution in [3.05, 3.63) is 64.7 Å². The summed E-state index contributed by atoms with van der Waals surface area (Å²) in [5, 5.41) is 3.37. The number of nitrogens with one attached hydrogen (secondary N) is 1. The first kappa shape index (κ1) is 20.3. The van der Waals surface area contributed by atoms with Gasteiger partial charge in [-0.05, 0) is 49.2 Å². The van der Waals surface area contributed by atoms with Crippen molar-refractivity contribution in [3.8, 4) is 0 Å². The maximum atomic E-state index is 12.2. The van der Waals surface area contributed by atoms with Crippen molar-refractivity contribution in [2.45, 2.75) is 32.9 Å². The summed E-state index contributed by atoms with van der Waals surface area (Å²) < 4.78 is 25.7. The largest absolute Gasteiger partial charge is 0.350 e. The molecule has 0 saturated carbocycles. The molecule has 2 aromatic carbocycles. The lowest BCUT2D eigenvalue weighted by Gasteiger charge is -2.23. The second-order valence-corrected chi connectivity index (χ2v) is 8.57. The van der Waals surface area contributed by atoms with Crippen LogP contribution in [0.15, 0.2) is 48.5 Å². The Balaban J connectivity index is 2.21. The molecular formula is C19H23ClN2O3S. The zero-order chi connectivity index (χ0) is 19.3. The maximum absolute atomic E-state index is 12.2. The fourth-order valence-electron chi connectivity index (χ4n) is 2.37. The van der Waals surface area contributed by atoms with E-state index in [1.54, 1.807) is 48.5 Å². The van der Waals surface area contributed by atoms with Crippen LogP contribution in [0, 0.1) is 0 Å². The van der Waals surface area contributed by atoms with Crippen LogP contribution in [0.3, 0.4) is 0 Å². The van der Waals surface area contributed by atoms with E-state index in [4.69, 9.17) is 11.6 Å². The van der Waals surface area contributed by atoms with Gasteiger partial charge in [0.25, 0.3) is 5.91 Å². The van der Waals surface area contributed by atoms with Gasteiger partial charge in [0, 0.05) is 16.6 Å². The predicted molar refractivity (Wildman–Crippen MR) is 106 cm³/mol. The van der Waals surface area contributed by atoms with Crippen molar-refractivity contribution in [3.63, 3.8) is 0 Å². The fourth-order valence-corrected chi connectivity index (χ4v) is 3.43. The number of amides is 1. The molecule has 0 spiro atoms. The highest BCUT2D eigenvalue weighted by molar-refractivity contribution is 7.92. The Bertz CT molecular complexity index is 867. The normalized spacial score (nSPS) is 12.5. The summed E-state index contributed by atoms with van der Waals surface area (Å²) in [6.07, 6.45) is 2.01. The van der Waals surface area contributed by atoms with Crippen molar-refractivity contribution >= 4 is 33.2 Å². The second kappa shape index (κ2) is 8.56. The van der Waals surface area contributed by atoms with Crippen LogP contribution < -0.4 is 9.62 Å². The number of hydrogen-bond donors (Lipinski definition) is 1. The van der Waals surface area contributed by atoms with Gasteiger partial charge in [-0.1, -0.05) is 36.7 Å². The maximum Gasteiger partial charge on any atom is 0.251 e. The van der Waals surface area contributed by atoms with Gasteiger partial charge in [-0.2, -0.15) is 0 Å². The Labute approximate surface area is 160 Å². The summed E-state index contributed by atoms with van der Waals surface area (Å²) in [6, 6.07) is 13.7. The Hall–Kier alpha value is -2.05. The number of carbonyl (C=O) groups is 1. The van der Waals surface area contributed by atoms with Crippen molar-refractivity contribution in [1.29, 1.82) is 0 Å². The minimum absolute atomic E-state index is 0.103. The molecule has 0 unspecified atom stereocenters. The van der Waals surface area contributed by atoms with Crippen LogP contribution in [0.4, 0.5) is 5.69 Å². The van der Waals surface area contributed by atoms with E-state index in [9.17, 15) is 13.2 Å². The topological polar surface area (TPSA) is 66.5 Å². The molecule has 0 aromatic heterocycles. The van der Waals surface area contributed by atoms with Crippen LogP contribution in [0.2, 0.25) is 5.02 Å². The van der Waals surface area contributed by atoms with Crippen molar-refractivity contribution < 1.29 is 13.2 Å². The van der Waals surface area contributed by atoms with E-state index in [0.29, 0.717) is 16.3 Å². The molecule has 1 N–H and O–H groups in total. The molecule has 0 aliphatic carbocycles. The molecule has 1 atom stereocenters. The average molecular weight is 395 g/mol. The molecule has 0 aliphatic rings. The zero-order valence-electron chi connectivity index (χ0n) is 15.1. The quantitative estimate of drug-likeness (QED) is 0.775. The van der Waals surface area contributed by atoms with Crippen LogP contribution >= 0.6 is 11.6 Å². The third kappa shape index (κ3) is 5.47. The van der Waals surface area contributed by atoms with Gasteiger partial charge < -0.3 is 5.32 Å². The number of benzene rings is 2. The molecule has 0 saturated heterocycles. The molecule has 2 rings (SSSR count). The average Bonchev–Trinajstić information content (AvgIpc) is 2.59. The lowest BCUT2D eigenvalue weighted by Crippen LogP contribution is -2.32. The molecule has 5 nitrogen and oxygen atoms in total.